The number of pyridine rings is 4. The van der Waals surface area contributed by atoms with E-state index in [2.05, 4.69) is 102 Å². The van der Waals surface area contributed by atoms with Gasteiger partial charge in [-0.15, -0.1) is 65.7 Å². The van der Waals surface area contributed by atoms with Gasteiger partial charge in [0.1, 0.15) is 0 Å². The number of rotatable bonds is 5. The first kappa shape index (κ1) is 34.3. The van der Waals surface area contributed by atoms with Crippen LogP contribution < -0.4 is 0 Å². The first-order valence-corrected chi connectivity index (χ1v) is 16.9. The standard InChI is InChI=1S/C36H24N3.C11H8N.Ir/c1-24-33(27-11-7-12-28(19-27)35-14-5-6-17-38-35)22-37-23-34(24)32-21-36-30(13-8-18-39-36)29-16-15-26(20-31(29)32)25-9-3-2-4-10-25;1-2-6-10(7-3-1)11-8-4-5-9-12-11;/h2-11,13-23H,1H3;1-6,8-9H;/q2*-1;. The van der Waals surface area contributed by atoms with Crippen LogP contribution in [0.5, 0.6) is 0 Å². The minimum Gasteiger partial charge on any atom is -0.305 e. The Morgan fingerprint density at radius 2 is 1.15 bits per heavy atom. The van der Waals surface area contributed by atoms with Gasteiger partial charge >= 0.3 is 0 Å². The molecule has 0 unspecified atom stereocenters. The van der Waals surface area contributed by atoms with E-state index in [1.807, 2.05) is 97.6 Å². The molecular formula is C47H32IrN4-2. The normalized spacial score (nSPS) is 10.6. The zero-order valence-electron chi connectivity index (χ0n) is 28.4. The summed E-state index contributed by atoms with van der Waals surface area (Å²) in [6, 6.07) is 55.9. The zero-order valence-corrected chi connectivity index (χ0v) is 30.8. The number of hydrogen-bond acceptors (Lipinski definition) is 4. The van der Waals surface area contributed by atoms with Crippen LogP contribution in [0.25, 0.3) is 77.6 Å². The third kappa shape index (κ3) is 7.19. The fourth-order valence-corrected chi connectivity index (χ4v) is 6.48. The van der Waals surface area contributed by atoms with Crippen LogP contribution in [0.2, 0.25) is 0 Å². The smallest absolute Gasteiger partial charge is 0.0714 e. The summed E-state index contributed by atoms with van der Waals surface area (Å²) < 4.78 is 0. The van der Waals surface area contributed by atoms with E-state index in [1.54, 1.807) is 6.20 Å². The van der Waals surface area contributed by atoms with E-state index in [0.717, 1.165) is 55.7 Å². The van der Waals surface area contributed by atoms with Crippen molar-refractivity contribution in [1.29, 1.82) is 0 Å². The van der Waals surface area contributed by atoms with E-state index < -0.39 is 0 Å². The predicted octanol–water partition coefficient (Wildman–Crippen LogP) is 11.5. The van der Waals surface area contributed by atoms with Gasteiger partial charge in [-0.1, -0.05) is 78.4 Å². The number of benzene rings is 5. The summed E-state index contributed by atoms with van der Waals surface area (Å²) in [5, 5.41) is 3.53. The molecule has 5 aromatic carbocycles. The molecule has 1 radical (unpaired) electrons. The van der Waals surface area contributed by atoms with Gasteiger partial charge in [0.05, 0.1) is 5.52 Å². The van der Waals surface area contributed by atoms with Gasteiger partial charge in [-0.3, -0.25) is 9.97 Å². The van der Waals surface area contributed by atoms with Crippen LogP contribution in [0.1, 0.15) is 5.56 Å². The largest absolute Gasteiger partial charge is 0.305 e. The Hall–Kier alpha value is -6.13. The van der Waals surface area contributed by atoms with Gasteiger partial charge in [0.15, 0.2) is 0 Å². The number of fused-ring (bicyclic) bond motifs is 3. The molecule has 0 bridgehead atoms. The van der Waals surface area contributed by atoms with Crippen molar-refractivity contribution in [3.8, 4) is 55.9 Å². The summed E-state index contributed by atoms with van der Waals surface area (Å²) in [5.41, 5.74) is 12.8. The molecule has 5 heteroatoms. The predicted molar refractivity (Wildman–Crippen MR) is 209 cm³/mol. The fourth-order valence-electron chi connectivity index (χ4n) is 6.48. The van der Waals surface area contributed by atoms with Gasteiger partial charge in [0, 0.05) is 62.0 Å². The Bertz CT molecular complexity index is 2540. The molecule has 0 spiro atoms. The number of hydrogen-bond donors (Lipinski definition) is 0. The Morgan fingerprint density at radius 1 is 0.442 bits per heavy atom. The molecule has 4 nitrogen and oxygen atoms in total. The summed E-state index contributed by atoms with van der Waals surface area (Å²) in [4.78, 5) is 18.2. The molecule has 251 valence electrons. The molecule has 0 atom stereocenters. The molecule has 4 aromatic heterocycles. The van der Waals surface area contributed by atoms with E-state index in [1.165, 1.54) is 27.5 Å². The SMILES string of the molecule is Cc1c(-c2cc[c-]c(-c3ccccn3)c2)cncc1-c1cc2ncccc2c2ccc(-c3ccccc3)cc12.[Ir].[c-]1ccccc1-c1ccccn1. The first-order chi connectivity index (χ1) is 25.2. The van der Waals surface area contributed by atoms with E-state index in [9.17, 15) is 0 Å². The summed E-state index contributed by atoms with van der Waals surface area (Å²) >= 11 is 0. The second kappa shape index (κ2) is 15.8. The number of aromatic nitrogens is 4. The average Bonchev–Trinajstić information content (AvgIpc) is 3.22. The van der Waals surface area contributed by atoms with Gasteiger partial charge in [-0.05, 0) is 87.2 Å². The third-order valence-corrected chi connectivity index (χ3v) is 9.04. The van der Waals surface area contributed by atoms with Crippen LogP contribution in [0.3, 0.4) is 0 Å². The summed E-state index contributed by atoms with van der Waals surface area (Å²) in [6.07, 6.45) is 9.39. The molecule has 0 amide bonds. The van der Waals surface area contributed by atoms with Crippen molar-refractivity contribution < 1.29 is 20.1 Å². The summed E-state index contributed by atoms with van der Waals surface area (Å²) in [6.45, 7) is 2.18. The molecule has 0 saturated carbocycles. The van der Waals surface area contributed by atoms with Crippen molar-refractivity contribution in [3.05, 3.63) is 194 Å². The molecule has 0 fully saturated rings. The van der Waals surface area contributed by atoms with E-state index in [4.69, 9.17) is 9.97 Å². The van der Waals surface area contributed by atoms with Crippen molar-refractivity contribution in [1.82, 2.24) is 19.9 Å². The maximum Gasteiger partial charge on any atom is 0.0714 e. The monoisotopic (exact) mass is 845 g/mol. The third-order valence-electron chi connectivity index (χ3n) is 9.04. The van der Waals surface area contributed by atoms with Crippen molar-refractivity contribution >= 4 is 21.7 Å². The van der Waals surface area contributed by atoms with Gasteiger partial charge < -0.3 is 9.97 Å². The Labute approximate surface area is 317 Å². The minimum absolute atomic E-state index is 0. The maximum absolute atomic E-state index is 4.72. The molecule has 9 aromatic rings. The molecule has 0 saturated heterocycles. The molecule has 4 heterocycles. The second-order valence-corrected chi connectivity index (χ2v) is 12.2. The quantitative estimate of drug-likeness (QED) is 0.128. The van der Waals surface area contributed by atoms with E-state index in [0.29, 0.717) is 0 Å². The average molecular weight is 845 g/mol. The maximum atomic E-state index is 4.72. The molecule has 0 aliphatic rings. The van der Waals surface area contributed by atoms with E-state index >= 15 is 0 Å². The van der Waals surface area contributed by atoms with Crippen LogP contribution in [0.15, 0.2) is 177 Å². The zero-order chi connectivity index (χ0) is 34.4. The van der Waals surface area contributed by atoms with Crippen molar-refractivity contribution in [2.24, 2.45) is 0 Å². The van der Waals surface area contributed by atoms with Gasteiger partial charge in [-0.25, -0.2) is 0 Å². The molecule has 0 aliphatic carbocycles. The molecular weight excluding hydrogens is 813 g/mol. The van der Waals surface area contributed by atoms with Crippen LogP contribution in [-0.2, 0) is 20.1 Å². The Balaban J connectivity index is 0.000000275. The molecule has 52 heavy (non-hydrogen) atoms. The molecule has 0 N–H and O–H groups in total. The van der Waals surface area contributed by atoms with Crippen LogP contribution in [0, 0.1) is 19.1 Å². The second-order valence-electron chi connectivity index (χ2n) is 12.2. The van der Waals surface area contributed by atoms with E-state index in [-0.39, 0.29) is 20.1 Å². The molecule has 0 aliphatic heterocycles. The van der Waals surface area contributed by atoms with Crippen molar-refractivity contribution in [2.45, 2.75) is 6.92 Å². The molecule has 9 rings (SSSR count). The Kier molecular flexibility index (Phi) is 10.4. The first-order valence-electron chi connectivity index (χ1n) is 16.9. The van der Waals surface area contributed by atoms with Crippen molar-refractivity contribution in [2.75, 3.05) is 0 Å². The minimum atomic E-state index is 0. The fraction of sp³-hybridized carbons (Fsp3) is 0.0213. The van der Waals surface area contributed by atoms with Gasteiger partial charge in [-0.2, -0.15) is 0 Å². The van der Waals surface area contributed by atoms with Crippen molar-refractivity contribution in [3.63, 3.8) is 0 Å². The summed E-state index contributed by atoms with van der Waals surface area (Å²) in [7, 11) is 0. The van der Waals surface area contributed by atoms with Gasteiger partial charge in [0.2, 0.25) is 0 Å². The van der Waals surface area contributed by atoms with Crippen LogP contribution >= 0.6 is 0 Å². The topological polar surface area (TPSA) is 51.6 Å². The Morgan fingerprint density at radius 3 is 1.90 bits per heavy atom. The van der Waals surface area contributed by atoms with Gasteiger partial charge in [0.25, 0.3) is 0 Å². The summed E-state index contributed by atoms with van der Waals surface area (Å²) in [5.74, 6) is 0. The van der Waals surface area contributed by atoms with Crippen LogP contribution in [-0.4, -0.2) is 19.9 Å². The van der Waals surface area contributed by atoms with Crippen LogP contribution in [0.4, 0.5) is 0 Å². The number of nitrogens with zero attached hydrogens (tertiary/aromatic N) is 4.